The van der Waals surface area contributed by atoms with Gasteiger partial charge in [0.15, 0.2) is 0 Å². The Morgan fingerprint density at radius 2 is 2.33 bits per heavy atom. The fourth-order valence-corrected chi connectivity index (χ4v) is 4.65. The molecule has 0 aromatic carbocycles. The molecule has 5 atom stereocenters. The molecule has 1 heteroatoms. The second-order valence-corrected chi connectivity index (χ2v) is 5.40. The number of rotatable bonds is 1. The summed E-state index contributed by atoms with van der Waals surface area (Å²) in [4.78, 5) is 0. The van der Waals surface area contributed by atoms with Crippen LogP contribution < -0.4 is 5.73 Å². The summed E-state index contributed by atoms with van der Waals surface area (Å²) in [5.41, 5.74) is 6.66. The molecule has 12 heavy (non-hydrogen) atoms. The average Bonchev–Trinajstić information content (AvgIpc) is 2.02. The summed E-state index contributed by atoms with van der Waals surface area (Å²) in [7, 11) is 0. The van der Waals surface area contributed by atoms with Crippen LogP contribution in [0.25, 0.3) is 0 Å². The minimum Gasteiger partial charge on any atom is -0.330 e. The molecular formula is C11H19N. The summed E-state index contributed by atoms with van der Waals surface area (Å²) in [5.74, 6) is 4.02. The Bertz CT molecular complexity index is 211. The Balaban J connectivity index is 1.89. The largest absolute Gasteiger partial charge is 0.330 e. The molecule has 1 nitrogen and oxygen atoms in total. The van der Waals surface area contributed by atoms with E-state index in [-0.39, 0.29) is 0 Å². The van der Waals surface area contributed by atoms with Gasteiger partial charge in [0.1, 0.15) is 0 Å². The van der Waals surface area contributed by atoms with Gasteiger partial charge >= 0.3 is 0 Å². The summed E-state index contributed by atoms with van der Waals surface area (Å²) in [6.45, 7) is 3.37. The van der Waals surface area contributed by atoms with Crippen LogP contribution in [0.15, 0.2) is 0 Å². The molecule has 2 N–H and O–H groups in total. The zero-order valence-electron chi connectivity index (χ0n) is 7.92. The summed E-state index contributed by atoms with van der Waals surface area (Å²) in [6.07, 6.45) is 6.03. The van der Waals surface area contributed by atoms with Crippen molar-refractivity contribution in [2.75, 3.05) is 6.54 Å². The molecule has 0 aliphatic heterocycles. The second kappa shape index (κ2) is 2.06. The molecule has 0 amide bonds. The first-order chi connectivity index (χ1) is 5.78. The fourth-order valence-electron chi connectivity index (χ4n) is 4.65. The second-order valence-electron chi connectivity index (χ2n) is 5.40. The lowest BCUT2D eigenvalue weighted by Crippen LogP contribution is -2.66. The quantitative estimate of drug-likeness (QED) is 0.632. The number of hydrogen-bond acceptors (Lipinski definition) is 1. The van der Waals surface area contributed by atoms with Gasteiger partial charge in [0, 0.05) is 0 Å². The van der Waals surface area contributed by atoms with Crippen LogP contribution in [0.4, 0.5) is 0 Å². The van der Waals surface area contributed by atoms with E-state index in [0.717, 1.165) is 35.6 Å². The van der Waals surface area contributed by atoms with Crippen molar-refractivity contribution in [2.45, 2.75) is 32.6 Å². The number of fused-ring (bicyclic) bond motifs is 2. The number of nitrogens with two attached hydrogens (primary N) is 1. The molecule has 4 aliphatic rings. The van der Waals surface area contributed by atoms with E-state index in [1.807, 2.05) is 0 Å². The Kier molecular flexibility index (Phi) is 1.27. The van der Waals surface area contributed by atoms with Crippen molar-refractivity contribution in [3.63, 3.8) is 0 Å². The van der Waals surface area contributed by atoms with Crippen LogP contribution in [0.3, 0.4) is 0 Å². The summed E-state index contributed by atoms with van der Waals surface area (Å²) >= 11 is 0. The zero-order valence-corrected chi connectivity index (χ0v) is 7.92. The van der Waals surface area contributed by atoms with Crippen molar-refractivity contribution in [1.29, 1.82) is 0 Å². The van der Waals surface area contributed by atoms with Crippen LogP contribution in [0, 0.1) is 29.1 Å². The van der Waals surface area contributed by atoms with Crippen LogP contribution in [-0.4, -0.2) is 6.54 Å². The predicted molar refractivity (Wildman–Crippen MR) is 49.6 cm³/mol. The lowest BCUT2D eigenvalue weighted by molar-refractivity contribution is -0.226. The molecule has 2 bridgehead atoms. The van der Waals surface area contributed by atoms with Crippen molar-refractivity contribution in [1.82, 2.24) is 0 Å². The van der Waals surface area contributed by atoms with Crippen LogP contribution in [0.5, 0.6) is 0 Å². The molecule has 1 spiro atoms. The predicted octanol–water partition coefficient (Wildman–Crippen LogP) is 2.02. The van der Waals surface area contributed by atoms with Crippen molar-refractivity contribution < 1.29 is 0 Å². The van der Waals surface area contributed by atoms with E-state index in [1.165, 1.54) is 25.7 Å². The molecule has 4 saturated carbocycles. The highest BCUT2D eigenvalue weighted by atomic mass is 14.7. The molecule has 68 valence electrons. The van der Waals surface area contributed by atoms with E-state index >= 15 is 0 Å². The van der Waals surface area contributed by atoms with Gasteiger partial charge in [-0.2, -0.15) is 0 Å². The fraction of sp³-hybridized carbons (Fsp3) is 1.00. The molecule has 5 unspecified atom stereocenters. The molecule has 0 heterocycles. The lowest BCUT2D eigenvalue weighted by Gasteiger charge is -2.72. The van der Waals surface area contributed by atoms with Gasteiger partial charge in [-0.1, -0.05) is 6.92 Å². The normalized spacial score (nSPS) is 61.5. The molecular weight excluding hydrogens is 146 g/mol. The van der Waals surface area contributed by atoms with Gasteiger partial charge in [-0.05, 0) is 61.3 Å². The van der Waals surface area contributed by atoms with E-state index in [4.69, 9.17) is 5.73 Å². The van der Waals surface area contributed by atoms with Crippen molar-refractivity contribution in [3.05, 3.63) is 0 Å². The van der Waals surface area contributed by atoms with Crippen molar-refractivity contribution in [2.24, 2.45) is 34.8 Å². The van der Waals surface area contributed by atoms with Gasteiger partial charge in [-0.15, -0.1) is 0 Å². The van der Waals surface area contributed by atoms with Gasteiger partial charge in [0.25, 0.3) is 0 Å². The lowest BCUT2D eigenvalue weighted by atomic mass is 9.33. The minimum absolute atomic E-state index is 0.775. The van der Waals surface area contributed by atoms with Gasteiger partial charge in [0.05, 0.1) is 0 Å². The molecule has 0 aromatic rings. The van der Waals surface area contributed by atoms with Crippen molar-refractivity contribution in [3.8, 4) is 0 Å². The number of hydrogen-bond donors (Lipinski definition) is 1. The maximum Gasteiger partial charge on any atom is -0.00409 e. The van der Waals surface area contributed by atoms with Gasteiger partial charge in [-0.3, -0.25) is 0 Å². The molecule has 4 fully saturated rings. The van der Waals surface area contributed by atoms with E-state index in [0.29, 0.717) is 0 Å². The van der Waals surface area contributed by atoms with E-state index in [1.54, 1.807) is 0 Å². The summed E-state index contributed by atoms with van der Waals surface area (Å²) in [6, 6.07) is 0. The third kappa shape index (κ3) is 0.585. The average molecular weight is 165 g/mol. The smallest absolute Gasteiger partial charge is 0.00409 e. The first-order valence-electron chi connectivity index (χ1n) is 5.48. The first kappa shape index (κ1) is 7.37. The zero-order chi connectivity index (χ0) is 8.34. The van der Waals surface area contributed by atoms with Gasteiger partial charge in [-0.25, -0.2) is 0 Å². The molecule has 4 rings (SSSR count). The van der Waals surface area contributed by atoms with E-state index in [2.05, 4.69) is 6.92 Å². The Morgan fingerprint density at radius 1 is 1.50 bits per heavy atom. The third-order valence-corrected chi connectivity index (χ3v) is 5.22. The van der Waals surface area contributed by atoms with Crippen LogP contribution in [0.2, 0.25) is 0 Å². The molecule has 0 radical (unpaired) electrons. The summed E-state index contributed by atoms with van der Waals surface area (Å²) in [5, 5.41) is 0. The highest BCUT2D eigenvalue weighted by Crippen LogP contribution is 2.73. The van der Waals surface area contributed by atoms with Crippen LogP contribution in [0.1, 0.15) is 32.6 Å². The van der Waals surface area contributed by atoms with Crippen molar-refractivity contribution >= 4 is 0 Å². The maximum atomic E-state index is 5.89. The topological polar surface area (TPSA) is 26.0 Å². The van der Waals surface area contributed by atoms with Gasteiger partial charge < -0.3 is 5.73 Å². The Labute approximate surface area is 74.7 Å². The molecule has 0 aromatic heterocycles. The van der Waals surface area contributed by atoms with Gasteiger partial charge in [0.2, 0.25) is 0 Å². The van der Waals surface area contributed by atoms with Crippen LogP contribution in [-0.2, 0) is 0 Å². The highest BCUT2D eigenvalue weighted by Gasteiger charge is 2.66. The third-order valence-electron chi connectivity index (χ3n) is 5.22. The highest BCUT2D eigenvalue weighted by molar-refractivity contribution is 5.15. The molecule has 4 aliphatic carbocycles. The Hall–Kier alpha value is -0.0400. The minimum atomic E-state index is 0.775. The monoisotopic (exact) mass is 165 g/mol. The Morgan fingerprint density at radius 3 is 2.75 bits per heavy atom. The maximum absolute atomic E-state index is 5.89. The molecule has 0 saturated heterocycles. The van der Waals surface area contributed by atoms with Crippen LogP contribution >= 0.6 is 0 Å². The summed E-state index contributed by atoms with van der Waals surface area (Å²) < 4.78 is 0. The van der Waals surface area contributed by atoms with E-state index < -0.39 is 0 Å². The first-order valence-corrected chi connectivity index (χ1v) is 5.48. The standard InChI is InChI=1S/C11H19N/c1-7-4-8-5-11(10(7)6-12)3-2-9(8)11/h7-10H,2-6,12H2,1H3. The van der Waals surface area contributed by atoms with E-state index in [9.17, 15) is 0 Å². The SMILES string of the molecule is CC1CC2CC3(CCC23)C1CN.